The zero-order valence-corrected chi connectivity index (χ0v) is 13.1. The van der Waals surface area contributed by atoms with Gasteiger partial charge in [0.05, 0.1) is 4.90 Å². The number of aryl methyl sites for hydroxylation is 1. The molecule has 0 spiro atoms. The van der Waals surface area contributed by atoms with Gasteiger partial charge >= 0.3 is 0 Å². The molecule has 1 aliphatic rings. The Kier molecular flexibility index (Phi) is 5.18. The molecule has 1 N–H and O–H groups in total. The van der Waals surface area contributed by atoms with Crippen LogP contribution in [0.3, 0.4) is 0 Å². The quantitative estimate of drug-likeness (QED) is 0.904. The fraction of sp³-hybridized carbons (Fsp3) is 0.600. The van der Waals surface area contributed by atoms with E-state index in [-0.39, 0.29) is 0 Å². The summed E-state index contributed by atoms with van der Waals surface area (Å²) in [7, 11) is -3.35. The molecule has 1 saturated heterocycles. The van der Waals surface area contributed by atoms with Crippen molar-refractivity contribution in [3.05, 3.63) is 29.8 Å². The largest absolute Gasteiger partial charge is 0.317 e. The predicted molar refractivity (Wildman–Crippen MR) is 81.2 cm³/mol. The smallest absolute Gasteiger partial charge is 0.243 e. The summed E-state index contributed by atoms with van der Waals surface area (Å²) in [5.41, 5.74) is 1.07. The lowest BCUT2D eigenvalue weighted by Gasteiger charge is -2.28. The molecular formula is C15H24N2O2S. The Morgan fingerprint density at radius 2 is 1.80 bits per heavy atom. The summed E-state index contributed by atoms with van der Waals surface area (Å²) >= 11 is 0. The lowest BCUT2D eigenvalue weighted by molar-refractivity contribution is 0.294. The van der Waals surface area contributed by atoms with E-state index in [1.165, 1.54) is 0 Å². The highest BCUT2D eigenvalue weighted by molar-refractivity contribution is 7.89. The van der Waals surface area contributed by atoms with E-state index in [9.17, 15) is 8.42 Å². The van der Waals surface area contributed by atoms with E-state index >= 15 is 0 Å². The van der Waals surface area contributed by atoms with Gasteiger partial charge in [-0.1, -0.05) is 24.6 Å². The molecule has 20 heavy (non-hydrogen) atoms. The summed E-state index contributed by atoms with van der Waals surface area (Å²) in [6, 6.07) is 7.11. The first-order chi connectivity index (χ1) is 9.54. The molecule has 4 nitrogen and oxygen atoms in total. The molecule has 1 aliphatic heterocycles. The molecule has 5 heteroatoms. The monoisotopic (exact) mass is 296 g/mol. The van der Waals surface area contributed by atoms with Gasteiger partial charge in [-0.05, 0) is 50.9 Å². The molecule has 0 atom stereocenters. The molecule has 1 aromatic rings. The minimum atomic E-state index is -3.35. The number of hydrogen-bond acceptors (Lipinski definition) is 3. The lowest BCUT2D eigenvalue weighted by Crippen LogP contribution is -2.39. The normalized spacial score (nSPS) is 17.6. The maximum absolute atomic E-state index is 12.7. The molecule has 2 rings (SSSR count). The van der Waals surface area contributed by atoms with Gasteiger partial charge in [-0.3, -0.25) is 0 Å². The zero-order chi connectivity index (χ0) is 14.6. The van der Waals surface area contributed by atoms with Crippen molar-refractivity contribution in [3.63, 3.8) is 0 Å². The minimum Gasteiger partial charge on any atom is -0.317 e. The SMILES string of the molecule is CCN(CC1CCNCC1)S(=O)(=O)c1ccc(C)cc1. The van der Waals surface area contributed by atoms with Crippen LogP contribution in [0.5, 0.6) is 0 Å². The van der Waals surface area contributed by atoms with Gasteiger partial charge in [0.1, 0.15) is 0 Å². The average molecular weight is 296 g/mol. The van der Waals surface area contributed by atoms with Crippen molar-refractivity contribution < 1.29 is 8.42 Å². The van der Waals surface area contributed by atoms with Crippen molar-refractivity contribution in [2.45, 2.75) is 31.6 Å². The van der Waals surface area contributed by atoms with E-state index in [4.69, 9.17) is 0 Å². The van der Waals surface area contributed by atoms with Crippen LogP contribution < -0.4 is 5.32 Å². The minimum absolute atomic E-state index is 0.402. The third-order valence-electron chi connectivity index (χ3n) is 3.93. The Morgan fingerprint density at radius 3 is 2.35 bits per heavy atom. The summed E-state index contributed by atoms with van der Waals surface area (Å²) in [6.07, 6.45) is 2.11. The van der Waals surface area contributed by atoms with Crippen molar-refractivity contribution in [3.8, 4) is 0 Å². The molecule has 0 unspecified atom stereocenters. The highest BCUT2D eigenvalue weighted by Crippen LogP contribution is 2.20. The van der Waals surface area contributed by atoms with Gasteiger partial charge in [0.15, 0.2) is 0 Å². The van der Waals surface area contributed by atoms with Crippen LogP contribution in [0, 0.1) is 12.8 Å². The highest BCUT2D eigenvalue weighted by Gasteiger charge is 2.26. The highest BCUT2D eigenvalue weighted by atomic mass is 32.2. The van der Waals surface area contributed by atoms with Crippen LogP contribution in [0.1, 0.15) is 25.3 Å². The van der Waals surface area contributed by atoms with Gasteiger partial charge in [0.2, 0.25) is 10.0 Å². The van der Waals surface area contributed by atoms with Crippen LogP contribution >= 0.6 is 0 Å². The average Bonchev–Trinajstić information content (AvgIpc) is 2.46. The van der Waals surface area contributed by atoms with Crippen LogP contribution in [0.15, 0.2) is 29.2 Å². The molecule has 1 fully saturated rings. The van der Waals surface area contributed by atoms with Gasteiger partial charge in [-0.25, -0.2) is 8.42 Å². The fourth-order valence-electron chi connectivity index (χ4n) is 2.61. The maximum Gasteiger partial charge on any atom is 0.243 e. The number of nitrogens with one attached hydrogen (secondary N) is 1. The predicted octanol–water partition coefficient (Wildman–Crippen LogP) is 2.01. The second kappa shape index (κ2) is 6.70. The van der Waals surface area contributed by atoms with Crippen LogP contribution in [-0.2, 0) is 10.0 Å². The number of sulfonamides is 1. The molecule has 0 bridgehead atoms. The Balaban J connectivity index is 2.14. The number of rotatable bonds is 5. The van der Waals surface area contributed by atoms with Gasteiger partial charge in [0, 0.05) is 13.1 Å². The Morgan fingerprint density at radius 1 is 1.20 bits per heavy atom. The first-order valence-electron chi connectivity index (χ1n) is 7.31. The second-order valence-corrected chi connectivity index (χ2v) is 7.40. The van der Waals surface area contributed by atoms with Crippen LogP contribution in [0.25, 0.3) is 0 Å². The van der Waals surface area contributed by atoms with Crippen LogP contribution in [0.4, 0.5) is 0 Å². The summed E-state index contributed by atoms with van der Waals surface area (Å²) in [5, 5.41) is 3.31. The summed E-state index contributed by atoms with van der Waals surface area (Å²) in [5.74, 6) is 0.469. The molecule has 1 heterocycles. The first-order valence-corrected chi connectivity index (χ1v) is 8.75. The lowest BCUT2D eigenvalue weighted by atomic mass is 9.98. The number of nitrogens with zero attached hydrogens (tertiary/aromatic N) is 1. The standard InChI is InChI=1S/C15H24N2O2S/c1-3-17(12-14-8-10-16-11-9-14)20(18,19)15-6-4-13(2)5-7-15/h4-7,14,16H,3,8-12H2,1-2H3. The third kappa shape index (κ3) is 3.59. The van der Waals surface area contributed by atoms with Crippen molar-refractivity contribution in [2.24, 2.45) is 5.92 Å². The number of hydrogen-bond donors (Lipinski definition) is 1. The van der Waals surface area contributed by atoms with Crippen LogP contribution in [0.2, 0.25) is 0 Å². The van der Waals surface area contributed by atoms with Gasteiger partial charge in [-0.15, -0.1) is 0 Å². The van der Waals surface area contributed by atoms with Gasteiger partial charge in [-0.2, -0.15) is 4.31 Å². The third-order valence-corrected chi connectivity index (χ3v) is 5.89. The molecule has 0 saturated carbocycles. The van der Waals surface area contributed by atoms with E-state index in [0.717, 1.165) is 31.5 Å². The number of benzene rings is 1. The van der Waals surface area contributed by atoms with E-state index in [1.807, 2.05) is 26.0 Å². The molecular weight excluding hydrogens is 272 g/mol. The molecule has 0 aromatic heterocycles. The molecule has 0 amide bonds. The molecule has 0 aliphatic carbocycles. The summed E-state index contributed by atoms with van der Waals surface area (Å²) in [6.45, 7) is 7.02. The van der Waals surface area contributed by atoms with E-state index in [2.05, 4.69) is 5.32 Å². The Hall–Kier alpha value is -0.910. The summed E-state index contributed by atoms with van der Waals surface area (Å²) in [4.78, 5) is 0.402. The van der Waals surface area contributed by atoms with Crippen molar-refractivity contribution in [2.75, 3.05) is 26.2 Å². The fourth-order valence-corrected chi connectivity index (χ4v) is 4.13. The van der Waals surface area contributed by atoms with Crippen molar-refractivity contribution in [1.29, 1.82) is 0 Å². The van der Waals surface area contributed by atoms with Crippen molar-refractivity contribution >= 4 is 10.0 Å². The second-order valence-electron chi connectivity index (χ2n) is 5.46. The van der Waals surface area contributed by atoms with E-state index in [1.54, 1.807) is 16.4 Å². The molecule has 1 aromatic carbocycles. The van der Waals surface area contributed by atoms with E-state index < -0.39 is 10.0 Å². The Bertz CT molecular complexity index is 519. The molecule has 112 valence electrons. The maximum atomic E-state index is 12.7. The molecule has 0 radical (unpaired) electrons. The summed E-state index contributed by atoms with van der Waals surface area (Å²) < 4.78 is 26.9. The topological polar surface area (TPSA) is 49.4 Å². The van der Waals surface area contributed by atoms with Crippen LogP contribution in [-0.4, -0.2) is 38.9 Å². The van der Waals surface area contributed by atoms with Crippen molar-refractivity contribution in [1.82, 2.24) is 9.62 Å². The first kappa shape index (κ1) is 15.5. The zero-order valence-electron chi connectivity index (χ0n) is 12.3. The van der Waals surface area contributed by atoms with E-state index in [0.29, 0.717) is 23.9 Å². The van der Waals surface area contributed by atoms with Gasteiger partial charge < -0.3 is 5.32 Å². The van der Waals surface area contributed by atoms with Gasteiger partial charge in [0.25, 0.3) is 0 Å². The Labute approximate surface area is 122 Å². The number of piperidine rings is 1.